The third-order valence-corrected chi connectivity index (χ3v) is 4.28. The summed E-state index contributed by atoms with van der Waals surface area (Å²) in [5.41, 5.74) is 3.49. The van der Waals surface area contributed by atoms with Crippen LogP contribution in [0.25, 0.3) is 6.08 Å². The number of likely N-dealkylation sites (tertiary alicyclic amines) is 1. The number of piperidine rings is 1. The topological polar surface area (TPSA) is 40.5 Å². The van der Waals surface area contributed by atoms with Crippen molar-refractivity contribution in [3.63, 3.8) is 0 Å². The van der Waals surface area contributed by atoms with E-state index in [1.807, 2.05) is 24.0 Å². The number of carbonyl (C=O) groups excluding carboxylic acids is 1. The summed E-state index contributed by atoms with van der Waals surface area (Å²) in [5.74, 6) is 0.248. The van der Waals surface area contributed by atoms with Crippen LogP contribution in [0.4, 0.5) is 0 Å². The number of nitrogens with zero attached hydrogens (tertiary/aromatic N) is 1. The second-order valence-corrected chi connectivity index (χ2v) is 6.12. The van der Waals surface area contributed by atoms with Gasteiger partial charge in [-0.2, -0.15) is 0 Å². The van der Waals surface area contributed by atoms with Gasteiger partial charge in [-0.3, -0.25) is 4.79 Å². The summed E-state index contributed by atoms with van der Waals surface area (Å²) in [7, 11) is 0. The molecule has 3 heteroatoms. The Hall–Kier alpha value is -1.61. The highest BCUT2D eigenvalue weighted by atomic mass is 16.3. The first-order valence-corrected chi connectivity index (χ1v) is 7.69. The summed E-state index contributed by atoms with van der Waals surface area (Å²) in [6.45, 7) is 7.38. The number of aryl methyl sites for hydroxylation is 2. The molecule has 2 unspecified atom stereocenters. The summed E-state index contributed by atoms with van der Waals surface area (Å²) in [4.78, 5) is 14.1. The molecule has 0 aliphatic carbocycles. The number of aliphatic hydroxyl groups is 1. The van der Waals surface area contributed by atoms with Gasteiger partial charge in [-0.25, -0.2) is 0 Å². The molecule has 3 nitrogen and oxygen atoms in total. The van der Waals surface area contributed by atoms with Gasteiger partial charge >= 0.3 is 0 Å². The average Bonchev–Trinajstić information content (AvgIpc) is 2.46. The first kappa shape index (κ1) is 15.8. The molecule has 2 rings (SSSR count). The molecule has 0 spiro atoms. The van der Waals surface area contributed by atoms with E-state index in [0.29, 0.717) is 6.54 Å². The van der Waals surface area contributed by atoms with E-state index in [9.17, 15) is 9.90 Å². The van der Waals surface area contributed by atoms with Crippen LogP contribution in [0.3, 0.4) is 0 Å². The van der Waals surface area contributed by atoms with Crippen molar-refractivity contribution in [1.29, 1.82) is 0 Å². The fraction of sp³-hybridized carbons (Fsp3) is 0.500. The lowest BCUT2D eigenvalue weighted by atomic mass is 9.93. The lowest BCUT2D eigenvalue weighted by Gasteiger charge is -2.33. The van der Waals surface area contributed by atoms with Gasteiger partial charge in [0.2, 0.25) is 5.91 Å². The molecule has 0 saturated carbocycles. The van der Waals surface area contributed by atoms with Crippen LogP contribution in [0, 0.1) is 19.8 Å². The summed E-state index contributed by atoms with van der Waals surface area (Å²) in [5, 5.41) is 9.69. The fourth-order valence-corrected chi connectivity index (χ4v) is 2.88. The van der Waals surface area contributed by atoms with Crippen molar-refractivity contribution in [1.82, 2.24) is 4.90 Å². The van der Waals surface area contributed by atoms with Gasteiger partial charge < -0.3 is 10.0 Å². The SMILES string of the molecule is Cc1ccc(/C=C/C(=O)N2CCCC(C(C)O)C2)c(C)c1. The van der Waals surface area contributed by atoms with Gasteiger partial charge in [-0.1, -0.05) is 23.8 Å². The zero-order valence-corrected chi connectivity index (χ0v) is 13.2. The van der Waals surface area contributed by atoms with Crippen LogP contribution in [-0.2, 0) is 4.79 Å². The van der Waals surface area contributed by atoms with Gasteiger partial charge in [0.05, 0.1) is 6.10 Å². The van der Waals surface area contributed by atoms with Crippen LogP contribution < -0.4 is 0 Å². The second-order valence-electron chi connectivity index (χ2n) is 6.12. The van der Waals surface area contributed by atoms with E-state index >= 15 is 0 Å². The molecule has 1 aromatic carbocycles. The summed E-state index contributed by atoms with van der Waals surface area (Å²) >= 11 is 0. The molecule has 1 aliphatic rings. The molecule has 1 fully saturated rings. The number of carbonyl (C=O) groups is 1. The smallest absolute Gasteiger partial charge is 0.246 e. The predicted octanol–water partition coefficient (Wildman–Crippen LogP) is 2.94. The maximum Gasteiger partial charge on any atom is 0.246 e. The molecule has 0 radical (unpaired) electrons. The van der Waals surface area contributed by atoms with Gasteiger partial charge in [-0.15, -0.1) is 0 Å². The van der Waals surface area contributed by atoms with Crippen molar-refractivity contribution >= 4 is 12.0 Å². The van der Waals surface area contributed by atoms with Crippen molar-refractivity contribution in [3.8, 4) is 0 Å². The second kappa shape index (κ2) is 6.90. The number of aliphatic hydroxyl groups excluding tert-OH is 1. The van der Waals surface area contributed by atoms with E-state index in [1.54, 1.807) is 6.08 Å². The minimum atomic E-state index is -0.344. The Morgan fingerprint density at radius 2 is 2.19 bits per heavy atom. The molecule has 1 N–H and O–H groups in total. The molecule has 1 saturated heterocycles. The zero-order chi connectivity index (χ0) is 15.4. The summed E-state index contributed by atoms with van der Waals surface area (Å²) < 4.78 is 0. The van der Waals surface area contributed by atoms with Crippen molar-refractivity contribution < 1.29 is 9.90 Å². The number of benzene rings is 1. The maximum absolute atomic E-state index is 12.3. The molecule has 1 aromatic rings. The molecule has 0 aromatic heterocycles. The number of amides is 1. The molecule has 21 heavy (non-hydrogen) atoms. The molecule has 1 amide bonds. The van der Waals surface area contributed by atoms with Crippen molar-refractivity contribution in [2.24, 2.45) is 5.92 Å². The summed E-state index contributed by atoms with van der Waals surface area (Å²) in [6.07, 6.45) is 5.18. The highest BCUT2D eigenvalue weighted by Crippen LogP contribution is 2.20. The van der Waals surface area contributed by atoms with Crippen molar-refractivity contribution in [2.45, 2.75) is 39.7 Å². The monoisotopic (exact) mass is 287 g/mol. The van der Waals surface area contributed by atoms with Crippen LogP contribution in [0.2, 0.25) is 0 Å². The van der Waals surface area contributed by atoms with Gasteiger partial charge in [0.25, 0.3) is 0 Å². The van der Waals surface area contributed by atoms with Crippen LogP contribution in [0.15, 0.2) is 24.3 Å². The van der Waals surface area contributed by atoms with Gasteiger partial charge in [0, 0.05) is 25.1 Å². The standard InChI is InChI=1S/C18H25NO2/c1-13-6-7-16(14(2)11-13)8-9-18(21)19-10-4-5-17(12-19)15(3)20/h6-9,11,15,17,20H,4-5,10,12H2,1-3H3/b9-8+. The predicted molar refractivity (Wildman–Crippen MR) is 85.9 cm³/mol. The summed E-state index contributed by atoms with van der Waals surface area (Å²) in [6, 6.07) is 6.22. The minimum absolute atomic E-state index is 0.0420. The lowest BCUT2D eigenvalue weighted by molar-refractivity contribution is -0.128. The third-order valence-electron chi connectivity index (χ3n) is 4.28. The van der Waals surface area contributed by atoms with E-state index in [4.69, 9.17) is 0 Å². The van der Waals surface area contributed by atoms with Gasteiger partial charge in [-0.05, 0) is 50.8 Å². The van der Waals surface area contributed by atoms with E-state index in [0.717, 1.165) is 24.9 Å². The van der Waals surface area contributed by atoms with Crippen molar-refractivity contribution in [3.05, 3.63) is 41.0 Å². The average molecular weight is 287 g/mol. The van der Waals surface area contributed by atoms with Gasteiger partial charge in [0.15, 0.2) is 0 Å². The third kappa shape index (κ3) is 4.18. The number of hydrogen-bond donors (Lipinski definition) is 1. The van der Waals surface area contributed by atoms with E-state index in [-0.39, 0.29) is 17.9 Å². The van der Waals surface area contributed by atoms with Crippen molar-refractivity contribution in [2.75, 3.05) is 13.1 Å². The maximum atomic E-state index is 12.3. The first-order valence-electron chi connectivity index (χ1n) is 7.69. The highest BCUT2D eigenvalue weighted by molar-refractivity contribution is 5.92. The Balaban J connectivity index is 2.01. The van der Waals surface area contributed by atoms with Crippen LogP contribution in [-0.4, -0.2) is 35.1 Å². The molecule has 114 valence electrons. The quantitative estimate of drug-likeness (QED) is 0.868. The Bertz CT molecular complexity index is 534. The Morgan fingerprint density at radius 3 is 2.86 bits per heavy atom. The van der Waals surface area contributed by atoms with E-state index in [1.165, 1.54) is 11.1 Å². The lowest BCUT2D eigenvalue weighted by Crippen LogP contribution is -2.42. The number of hydrogen-bond acceptors (Lipinski definition) is 2. The molecule has 1 heterocycles. The Morgan fingerprint density at radius 1 is 1.43 bits per heavy atom. The molecular weight excluding hydrogens is 262 g/mol. The first-order chi connectivity index (χ1) is 9.97. The molecule has 1 aliphatic heterocycles. The Labute approximate surface area is 127 Å². The molecule has 2 atom stereocenters. The van der Waals surface area contributed by atoms with Gasteiger partial charge in [0.1, 0.15) is 0 Å². The normalized spacial score (nSPS) is 20.8. The minimum Gasteiger partial charge on any atom is -0.393 e. The van der Waals surface area contributed by atoms with Crippen LogP contribution in [0.5, 0.6) is 0 Å². The molecular formula is C18H25NO2. The van der Waals surface area contributed by atoms with Crippen LogP contribution in [0.1, 0.15) is 36.5 Å². The molecule has 0 bridgehead atoms. The zero-order valence-electron chi connectivity index (χ0n) is 13.2. The number of rotatable bonds is 3. The Kier molecular flexibility index (Phi) is 5.18. The largest absolute Gasteiger partial charge is 0.393 e. The highest BCUT2D eigenvalue weighted by Gasteiger charge is 2.25. The fourth-order valence-electron chi connectivity index (χ4n) is 2.88. The van der Waals surface area contributed by atoms with Crippen LogP contribution >= 0.6 is 0 Å². The van der Waals surface area contributed by atoms with E-state index in [2.05, 4.69) is 26.0 Å². The van der Waals surface area contributed by atoms with E-state index < -0.39 is 0 Å².